The maximum Gasteiger partial charge on any atom is 0.243 e. The van der Waals surface area contributed by atoms with Gasteiger partial charge in [-0.05, 0) is 55.4 Å². The van der Waals surface area contributed by atoms with Crippen molar-refractivity contribution in [3.8, 4) is 0 Å². The summed E-state index contributed by atoms with van der Waals surface area (Å²) in [6.07, 6.45) is -0.0233. The number of carbonyl (C=O) groups excluding carboxylic acids is 1. The fourth-order valence-corrected chi connectivity index (χ4v) is 4.59. The van der Waals surface area contributed by atoms with Gasteiger partial charge in [0.2, 0.25) is 15.9 Å². The van der Waals surface area contributed by atoms with E-state index in [9.17, 15) is 22.0 Å². The molecule has 0 saturated carbocycles. The van der Waals surface area contributed by atoms with Gasteiger partial charge in [0.25, 0.3) is 0 Å². The first-order valence-corrected chi connectivity index (χ1v) is 10.7. The summed E-state index contributed by atoms with van der Waals surface area (Å²) in [5.74, 6) is -1.55. The van der Waals surface area contributed by atoms with Gasteiger partial charge in [-0.15, -0.1) is 0 Å². The molecule has 3 rings (SSSR count). The van der Waals surface area contributed by atoms with Crippen LogP contribution in [0.4, 0.5) is 14.5 Å². The Balaban J connectivity index is 1.64. The van der Waals surface area contributed by atoms with E-state index >= 15 is 0 Å². The van der Waals surface area contributed by atoms with Crippen molar-refractivity contribution in [3.05, 3.63) is 59.7 Å². The van der Waals surface area contributed by atoms with Crippen molar-refractivity contribution in [1.82, 2.24) is 9.21 Å². The van der Waals surface area contributed by atoms with Crippen LogP contribution in [0.15, 0.2) is 47.4 Å². The van der Waals surface area contributed by atoms with Gasteiger partial charge in [0.1, 0.15) is 11.6 Å². The fourth-order valence-electron chi connectivity index (χ4n) is 3.12. The number of piperazine rings is 1. The van der Waals surface area contributed by atoms with Crippen molar-refractivity contribution in [3.63, 3.8) is 0 Å². The molecule has 156 valence electrons. The van der Waals surface area contributed by atoms with E-state index in [1.807, 2.05) is 7.05 Å². The number of sulfonamides is 1. The van der Waals surface area contributed by atoms with Gasteiger partial charge in [0, 0.05) is 38.3 Å². The van der Waals surface area contributed by atoms with Crippen LogP contribution < -0.4 is 5.32 Å². The molecule has 1 heterocycles. The number of carbonyl (C=O) groups is 1. The molecule has 29 heavy (non-hydrogen) atoms. The maximum atomic E-state index is 13.7. The number of nitrogens with one attached hydrogen (secondary N) is 1. The molecule has 0 aliphatic carbocycles. The number of anilines is 1. The molecule has 2 aromatic rings. The Kier molecular flexibility index (Phi) is 6.61. The molecule has 0 aromatic heterocycles. The summed E-state index contributed by atoms with van der Waals surface area (Å²) in [5, 5.41) is 2.62. The maximum absolute atomic E-state index is 13.7. The minimum absolute atomic E-state index is 0.0364. The van der Waals surface area contributed by atoms with Crippen LogP contribution in [-0.4, -0.2) is 56.8 Å². The van der Waals surface area contributed by atoms with Gasteiger partial charge >= 0.3 is 0 Å². The van der Waals surface area contributed by atoms with E-state index in [1.54, 1.807) is 12.1 Å². The molecule has 1 N–H and O–H groups in total. The number of aryl methyl sites for hydroxylation is 1. The molecular weight excluding hydrogens is 400 g/mol. The molecular formula is C20H23F2N3O3S. The Morgan fingerprint density at radius 1 is 1.07 bits per heavy atom. The molecule has 0 atom stereocenters. The Bertz CT molecular complexity index is 990. The van der Waals surface area contributed by atoms with Crippen molar-refractivity contribution in [2.24, 2.45) is 0 Å². The molecule has 0 unspecified atom stereocenters. The highest BCUT2D eigenvalue weighted by Crippen LogP contribution is 2.21. The smallest absolute Gasteiger partial charge is 0.243 e. The predicted octanol–water partition coefficient (Wildman–Crippen LogP) is 2.47. The second kappa shape index (κ2) is 8.98. The summed E-state index contributed by atoms with van der Waals surface area (Å²) < 4.78 is 54.0. The Morgan fingerprint density at radius 3 is 2.52 bits per heavy atom. The quantitative estimate of drug-likeness (QED) is 0.775. The van der Waals surface area contributed by atoms with Crippen molar-refractivity contribution < 1.29 is 22.0 Å². The average Bonchev–Trinajstić information content (AvgIpc) is 2.69. The molecule has 0 radical (unpaired) electrons. The van der Waals surface area contributed by atoms with Crippen LogP contribution in [0.25, 0.3) is 0 Å². The monoisotopic (exact) mass is 423 g/mol. The van der Waals surface area contributed by atoms with Crippen LogP contribution in [0.5, 0.6) is 0 Å². The summed E-state index contributed by atoms with van der Waals surface area (Å²) in [6.45, 7) is 2.14. The lowest BCUT2D eigenvalue weighted by molar-refractivity contribution is -0.116. The first-order valence-electron chi connectivity index (χ1n) is 9.28. The summed E-state index contributed by atoms with van der Waals surface area (Å²) in [4.78, 5) is 14.4. The number of nitrogens with zero attached hydrogens (tertiary/aromatic N) is 2. The van der Waals surface area contributed by atoms with Gasteiger partial charge in [-0.25, -0.2) is 17.2 Å². The average molecular weight is 423 g/mol. The van der Waals surface area contributed by atoms with Crippen molar-refractivity contribution >= 4 is 21.6 Å². The largest absolute Gasteiger partial charge is 0.326 e. The number of halogens is 2. The van der Waals surface area contributed by atoms with Gasteiger partial charge in [0.15, 0.2) is 0 Å². The van der Waals surface area contributed by atoms with Gasteiger partial charge in [0.05, 0.1) is 4.90 Å². The van der Waals surface area contributed by atoms with E-state index in [0.29, 0.717) is 31.9 Å². The van der Waals surface area contributed by atoms with E-state index in [0.717, 1.165) is 18.2 Å². The SMILES string of the molecule is CN1CCN(S(=O)(=O)c2cccc(NC(=O)CCc3cc(F)ccc3F)c2)CC1. The number of amides is 1. The number of rotatable bonds is 6. The zero-order valence-electron chi connectivity index (χ0n) is 16.1. The minimum atomic E-state index is -3.65. The number of hydrogen-bond acceptors (Lipinski definition) is 4. The summed E-state index contributed by atoms with van der Waals surface area (Å²) >= 11 is 0. The van der Waals surface area contributed by atoms with Gasteiger partial charge in [-0.2, -0.15) is 4.31 Å². The zero-order chi connectivity index (χ0) is 21.0. The van der Waals surface area contributed by atoms with Crippen LogP contribution in [0.2, 0.25) is 0 Å². The van der Waals surface area contributed by atoms with Crippen LogP contribution in [0.1, 0.15) is 12.0 Å². The predicted molar refractivity (Wildman–Crippen MR) is 106 cm³/mol. The highest BCUT2D eigenvalue weighted by Gasteiger charge is 2.27. The van der Waals surface area contributed by atoms with E-state index in [-0.39, 0.29) is 23.3 Å². The van der Waals surface area contributed by atoms with E-state index in [1.165, 1.54) is 16.4 Å². The third-order valence-electron chi connectivity index (χ3n) is 4.85. The third-order valence-corrected chi connectivity index (χ3v) is 6.74. The molecule has 0 bridgehead atoms. The number of hydrogen-bond donors (Lipinski definition) is 1. The summed E-state index contributed by atoms with van der Waals surface area (Å²) in [6, 6.07) is 9.15. The Morgan fingerprint density at radius 2 is 1.79 bits per heavy atom. The summed E-state index contributed by atoms with van der Waals surface area (Å²) in [5.41, 5.74) is 0.455. The van der Waals surface area contributed by atoms with Crippen LogP contribution in [0.3, 0.4) is 0 Å². The van der Waals surface area contributed by atoms with Gasteiger partial charge < -0.3 is 10.2 Å². The standard InChI is InChI=1S/C20H23F2N3O3S/c1-24-9-11-25(12-10-24)29(27,28)18-4-2-3-17(14-18)23-20(26)8-5-15-13-16(21)6-7-19(15)22/h2-4,6-7,13-14H,5,8-12H2,1H3,(H,23,26). The molecule has 1 aliphatic rings. The van der Waals surface area contributed by atoms with Gasteiger partial charge in [-0.1, -0.05) is 6.07 Å². The molecule has 9 heteroatoms. The zero-order valence-corrected chi connectivity index (χ0v) is 16.9. The topological polar surface area (TPSA) is 69.7 Å². The lowest BCUT2D eigenvalue weighted by Crippen LogP contribution is -2.47. The molecule has 1 saturated heterocycles. The minimum Gasteiger partial charge on any atom is -0.326 e. The molecule has 6 nitrogen and oxygen atoms in total. The van der Waals surface area contributed by atoms with Crippen molar-refractivity contribution in [2.75, 3.05) is 38.5 Å². The molecule has 2 aromatic carbocycles. The fraction of sp³-hybridized carbons (Fsp3) is 0.350. The van der Waals surface area contributed by atoms with E-state index in [2.05, 4.69) is 10.2 Å². The van der Waals surface area contributed by atoms with Crippen LogP contribution in [0, 0.1) is 11.6 Å². The molecule has 1 amide bonds. The molecule has 0 spiro atoms. The number of likely N-dealkylation sites (N-methyl/N-ethyl adjacent to an activating group) is 1. The summed E-state index contributed by atoms with van der Waals surface area (Å²) in [7, 11) is -1.71. The highest BCUT2D eigenvalue weighted by atomic mass is 32.2. The first-order chi connectivity index (χ1) is 13.8. The lowest BCUT2D eigenvalue weighted by Gasteiger charge is -2.31. The Hall–Kier alpha value is -2.36. The van der Waals surface area contributed by atoms with Crippen molar-refractivity contribution in [1.29, 1.82) is 0 Å². The second-order valence-corrected chi connectivity index (χ2v) is 8.96. The molecule has 1 fully saturated rings. The second-order valence-electron chi connectivity index (χ2n) is 7.02. The van der Waals surface area contributed by atoms with E-state index in [4.69, 9.17) is 0 Å². The van der Waals surface area contributed by atoms with Crippen LogP contribution in [-0.2, 0) is 21.2 Å². The van der Waals surface area contributed by atoms with Crippen LogP contribution >= 0.6 is 0 Å². The van der Waals surface area contributed by atoms with E-state index < -0.39 is 27.6 Å². The van der Waals surface area contributed by atoms with Gasteiger partial charge in [-0.3, -0.25) is 4.79 Å². The lowest BCUT2D eigenvalue weighted by atomic mass is 10.1. The third kappa shape index (κ3) is 5.37. The highest BCUT2D eigenvalue weighted by molar-refractivity contribution is 7.89. The van der Waals surface area contributed by atoms with Crippen molar-refractivity contribution in [2.45, 2.75) is 17.7 Å². The normalized spacial score (nSPS) is 16.0. The molecule has 1 aliphatic heterocycles. The number of benzene rings is 2. The first kappa shape index (κ1) is 21.4. The Labute approximate surface area is 169 Å².